The van der Waals surface area contributed by atoms with Gasteiger partial charge >= 0.3 is 0 Å². The minimum Gasteiger partial charge on any atom is -0.461 e. The smallest absolute Gasteiger partial charge is 0.220 e. The third kappa shape index (κ3) is 4.06. The Bertz CT molecular complexity index is 1040. The van der Waals surface area contributed by atoms with Crippen LogP contribution in [0.25, 0.3) is 17.0 Å². The van der Waals surface area contributed by atoms with Crippen molar-refractivity contribution in [3.8, 4) is 11.3 Å². The van der Waals surface area contributed by atoms with Crippen LogP contribution in [0.3, 0.4) is 0 Å². The van der Waals surface area contributed by atoms with Crippen molar-refractivity contribution >= 4 is 11.6 Å². The van der Waals surface area contributed by atoms with Gasteiger partial charge in [-0.15, -0.1) is 10.2 Å². The number of amides is 1. The first-order valence-electron chi connectivity index (χ1n) is 8.99. The highest BCUT2D eigenvalue weighted by atomic mass is 16.3. The molecule has 1 aromatic carbocycles. The molecular formula is C21H20N4O2. The lowest BCUT2D eigenvalue weighted by Crippen LogP contribution is -2.26. The second-order valence-corrected chi connectivity index (χ2v) is 6.28. The maximum atomic E-state index is 12.1. The van der Waals surface area contributed by atoms with Crippen LogP contribution in [0.2, 0.25) is 0 Å². The fraction of sp³-hybridized carbons (Fsp3) is 0.190. The number of nitrogens with zero attached hydrogens (tertiary/aromatic N) is 3. The second kappa shape index (κ2) is 7.86. The van der Waals surface area contributed by atoms with Crippen molar-refractivity contribution in [1.82, 2.24) is 19.9 Å². The Labute approximate surface area is 156 Å². The average molecular weight is 360 g/mol. The van der Waals surface area contributed by atoms with Crippen LogP contribution < -0.4 is 5.32 Å². The van der Waals surface area contributed by atoms with Crippen LogP contribution in [0.4, 0.5) is 0 Å². The molecule has 6 nitrogen and oxygen atoms in total. The van der Waals surface area contributed by atoms with E-state index in [2.05, 4.69) is 15.5 Å². The molecule has 3 aromatic heterocycles. The Hall–Kier alpha value is -3.41. The van der Waals surface area contributed by atoms with Crippen LogP contribution in [0.5, 0.6) is 0 Å². The van der Waals surface area contributed by atoms with Crippen molar-refractivity contribution in [1.29, 1.82) is 0 Å². The largest absolute Gasteiger partial charge is 0.461 e. The predicted octanol–water partition coefficient (Wildman–Crippen LogP) is 3.28. The van der Waals surface area contributed by atoms with Crippen molar-refractivity contribution in [3.05, 3.63) is 78.4 Å². The van der Waals surface area contributed by atoms with Gasteiger partial charge in [-0.2, -0.15) is 0 Å². The van der Waals surface area contributed by atoms with Gasteiger partial charge < -0.3 is 9.73 Å². The van der Waals surface area contributed by atoms with Gasteiger partial charge in [0.25, 0.3) is 0 Å². The normalized spacial score (nSPS) is 11.0. The number of hydrogen-bond acceptors (Lipinski definition) is 4. The minimum atomic E-state index is 0.00137. The van der Waals surface area contributed by atoms with E-state index in [-0.39, 0.29) is 5.91 Å². The van der Waals surface area contributed by atoms with Crippen LogP contribution in [-0.2, 0) is 17.6 Å². The first kappa shape index (κ1) is 17.0. The summed E-state index contributed by atoms with van der Waals surface area (Å²) in [4.78, 5) is 12.1. The van der Waals surface area contributed by atoms with Crippen LogP contribution >= 0.6 is 0 Å². The Balaban J connectivity index is 1.25. The van der Waals surface area contributed by atoms with Gasteiger partial charge in [0.05, 0.1) is 0 Å². The average Bonchev–Trinajstić information content (AvgIpc) is 3.35. The van der Waals surface area contributed by atoms with E-state index in [0.29, 0.717) is 25.8 Å². The molecule has 0 saturated heterocycles. The molecule has 0 aliphatic rings. The Morgan fingerprint density at radius 2 is 1.81 bits per heavy atom. The van der Waals surface area contributed by atoms with Gasteiger partial charge in [-0.05, 0) is 24.3 Å². The van der Waals surface area contributed by atoms with E-state index in [9.17, 15) is 4.79 Å². The molecule has 6 heteroatoms. The fourth-order valence-corrected chi connectivity index (χ4v) is 2.97. The zero-order valence-corrected chi connectivity index (χ0v) is 14.8. The summed E-state index contributed by atoms with van der Waals surface area (Å²) < 4.78 is 7.76. The number of fused-ring (bicyclic) bond motifs is 1. The number of furan rings is 1. The third-order valence-corrected chi connectivity index (χ3v) is 4.37. The van der Waals surface area contributed by atoms with Crippen molar-refractivity contribution in [2.24, 2.45) is 0 Å². The SMILES string of the molecule is O=C(CCc1ccc(-c2ccccc2)o1)NCCc1nnc2ccccn12. The summed E-state index contributed by atoms with van der Waals surface area (Å²) in [5, 5.41) is 11.2. The molecule has 0 aliphatic carbocycles. The van der Waals surface area contributed by atoms with Crippen molar-refractivity contribution in [2.45, 2.75) is 19.3 Å². The Kier molecular flexibility index (Phi) is 4.96. The van der Waals surface area contributed by atoms with Crippen LogP contribution in [0, 0.1) is 0 Å². The minimum absolute atomic E-state index is 0.00137. The lowest BCUT2D eigenvalue weighted by atomic mass is 10.2. The molecule has 3 heterocycles. The Morgan fingerprint density at radius 3 is 2.70 bits per heavy atom. The Morgan fingerprint density at radius 1 is 0.963 bits per heavy atom. The monoisotopic (exact) mass is 360 g/mol. The number of hydrogen-bond donors (Lipinski definition) is 1. The molecule has 136 valence electrons. The molecule has 0 unspecified atom stereocenters. The van der Waals surface area contributed by atoms with Crippen LogP contribution in [-0.4, -0.2) is 27.0 Å². The van der Waals surface area contributed by atoms with Gasteiger partial charge in [-0.3, -0.25) is 9.20 Å². The van der Waals surface area contributed by atoms with Crippen LogP contribution in [0.1, 0.15) is 18.0 Å². The maximum Gasteiger partial charge on any atom is 0.220 e. The van der Waals surface area contributed by atoms with Gasteiger partial charge in [-0.25, -0.2) is 0 Å². The standard InChI is InChI=1S/C21H20N4O2/c26-21(22-14-13-20-24-23-19-8-4-5-15-25(19)20)12-10-17-9-11-18(27-17)16-6-2-1-3-7-16/h1-9,11,15H,10,12-14H2,(H,22,26). The topological polar surface area (TPSA) is 72.4 Å². The molecule has 0 saturated carbocycles. The molecule has 27 heavy (non-hydrogen) atoms. The lowest BCUT2D eigenvalue weighted by molar-refractivity contribution is -0.121. The number of aromatic nitrogens is 3. The molecule has 1 N–H and O–H groups in total. The van der Waals surface area contributed by atoms with Crippen LogP contribution in [0.15, 0.2) is 71.3 Å². The van der Waals surface area contributed by atoms with Crippen molar-refractivity contribution in [2.75, 3.05) is 6.54 Å². The summed E-state index contributed by atoms with van der Waals surface area (Å²) in [6.07, 6.45) is 3.53. The number of aryl methyl sites for hydroxylation is 1. The second-order valence-electron chi connectivity index (χ2n) is 6.28. The molecular weight excluding hydrogens is 340 g/mol. The molecule has 0 fully saturated rings. The van der Waals surface area contributed by atoms with Gasteiger partial charge in [0.2, 0.25) is 5.91 Å². The van der Waals surface area contributed by atoms with E-state index in [1.54, 1.807) is 0 Å². The number of pyridine rings is 1. The first-order valence-corrected chi connectivity index (χ1v) is 8.99. The lowest BCUT2D eigenvalue weighted by Gasteiger charge is -2.04. The molecule has 0 radical (unpaired) electrons. The molecule has 4 aromatic rings. The number of carbonyl (C=O) groups excluding carboxylic acids is 1. The highest BCUT2D eigenvalue weighted by Gasteiger charge is 2.09. The van der Waals surface area contributed by atoms with E-state index < -0.39 is 0 Å². The summed E-state index contributed by atoms with van der Waals surface area (Å²) in [7, 11) is 0. The summed E-state index contributed by atoms with van der Waals surface area (Å²) in [6, 6.07) is 19.6. The quantitative estimate of drug-likeness (QED) is 0.549. The molecule has 0 spiro atoms. The van der Waals surface area contributed by atoms with E-state index in [0.717, 1.165) is 28.6 Å². The molecule has 0 bridgehead atoms. The van der Waals surface area contributed by atoms with Crippen molar-refractivity contribution < 1.29 is 9.21 Å². The fourth-order valence-electron chi connectivity index (χ4n) is 2.97. The third-order valence-electron chi connectivity index (χ3n) is 4.37. The number of rotatable bonds is 7. The zero-order chi connectivity index (χ0) is 18.5. The van der Waals surface area contributed by atoms with Gasteiger partial charge in [0, 0.05) is 37.6 Å². The summed E-state index contributed by atoms with van der Waals surface area (Å²) in [5.74, 6) is 2.48. The van der Waals surface area contributed by atoms with Gasteiger partial charge in [-0.1, -0.05) is 36.4 Å². The van der Waals surface area contributed by atoms with Gasteiger partial charge in [0.1, 0.15) is 17.3 Å². The highest BCUT2D eigenvalue weighted by molar-refractivity contribution is 5.76. The van der Waals surface area contributed by atoms with Crippen molar-refractivity contribution in [3.63, 3.8) is 0 Å². The van der Waals surface area contributed by atoms with E-state index in [1.165, 1.54) is 0 Å². The molecule has 4 rings (SSSR count). The summed E-state index contributed by atoms with van der Waals surface area (Å²) >= 11 is 0. The summed E-state index contributed by atoms with van der Waals surface area (Å²) in [6.45, 7) is 0.530. The maximum absolute atomic E-state index is 12.1. The van der Waals surface area contributed by atoms with E-state index in [4.69, 9.17) is 4.42 Å². The first-order chi connectivity index (χ1) is 13.3. The molecule has 0 atom stereocenters. The number of nitrogens with one attached hydrogen (secondary N) is 1. The number of benzene rings is 1. The molecule has 1 amide bonds. The van der Waals surface area contributed by atoms with E-state index >= 15 is 0 Å². The summed E-state index contributed by atoms with van der Waals surface area (Å²) in [5.41, 5.74) is 1.85. The van der Waals surface area contributed by atoms with Gasteiger partial charge in [0.15, 0.2) is 5.65 Å². The number of carbonyl (C=O) groups is 1. The highest BCUT2D eigenvalue weighted by Crippen LogP contribution is 2.22. The molecule has 0 aliphatic heterocycles. The van der Waals surface area contributed by atoms with E-state index in [1.807, 2.05) is 71.3 Å². The predicted molar refractivity (Wildman–Crippen MR) is 102 cm³/mol. The zero-order valence-electron chi connectivity index (χ0n) is 14.8.